The summed E-state index contributed by atoms with van der Waals surface area (Å²) < 4.78 is 0. The van der Waals surface area contributed by atoms with Crippen LogP contribution in [0.3, 0.4) is 0 Å². The number of hydrogen-bond acceptors (Lipinski definition) is 4. The molecule has 4 heteroatoms. The van der Waals surface area contributed by atoms with Crippen molar-refractivity contribution in [1.29, 1.82) is 0 Å². The molecule has 0 radical (unpaired) electrons. The Kier molecular flexibility index (Phi) is 3.63. The summed E-state index contributed by atoms with van der Waals surface area (Å²) in [4.78, 5) is 13.7. The van der Waals surface area contributed by atoms with E-state index >= 15 is 0 Å². The van der Waals surface area contributed by atoms with Crippen LogP contribution in [0.2, 0.25) is 0 Å². The minimum Gasteiger partial charge on any atom is -0.340 e. The Morgan fingerprint density at radius 1 is 0.833 bits per heavy atom. The van der Waals surface area contributed by atoms with E-state index in [-0.39, 0.29) is 0 Å². The highest BCUT2D eigenvalue weighted by molar-refractivity contribution is 5.76. The molecule has 2 aromatic heterocycles. The van der Waals surface area contributed by atoms with E-state index in [0.717, 1.165) is 28.3 Å². The normalized spacial score (nSPS) is 10.7. The van der Waals surface area contributed by atoms with Gasteiger partial charge in [-0.05, 0) is 36.8 Å². The Bertz CT molecular complexity index is 997. The molecule has 0 atom stereocenters. The fourth-order valence-corrected chi connectivity index (χ4v) is 2.59. The van der Waals surface area contributed by atoms with Crippen LogP contribution in [0.4, 0.5) is 11.5 Å². The van der Waals surface area contributed by atoms with Crippen LogP contribution in [-0.2, 0) is 0 Å². The molecule has 0 aliphatic rings. The molecule has 0 saturated heterocycles. The van der Waals surface area contributed by atoms with Gasteiger partial charge < -0.3 is 5.32 Å². The summed E-state index contributed by atoms with van der Waals surface area (Å²) in [6.07, 6.45) is 1.78. The minimum atomic E-state index is 0.633. The number of nitrogens with one attached hydrogen (secondary N) is 1. The second-order valence-electron chi connectivity index (χ2n) is 5.65. The maximum Gasteiger partial charge on any atom is 0.180 e. The standard InChI is InChI=1S/C20H16N4/c1-14-6-5-9-16(12-14)22-19-11-10-17-20(24-19)23-18(13-21-17)15-7-3-2-4-8-15/h2-13H,1H3,(H,22,23,24). The molecule has 0 fully saturated rings. The van der Waals surface area contributed by atoms with Gasteiger partial charge in [0.25, 0.3) is 0 Å². The Hall–Kier alpha value is -3.27. The molecular weight excluding hydrogens is 296 g/mol. The number of pyridine rings is 1. The van der Waals surface area contributed by atoms with E-state index in [1.807, 2.05) is 54.6 Å². The molecule has 0 aliphatic heterocycles. The zero-order valence-corrected chi connectivity index (χ0v) is 13.3. The van der Waals surface area contributed by atoms with Gasteiger partial charge in [-0.15, -0.1) is 0 Å². The summed E-state index contributed by atoms with van der Waals surface area (Å²) in [6.45, 7) is 2.07. The molecule has 24 heavy (non-hydrogen) atoms. The summed E-state index contributed by atoms with van der Waals surface area (Å²) in [5.41, 5.74) is 5.48. The van der Waals surface area contributed by atoms with Gasteiger partial charge in [0, 0.05) is 11.3 Å². The number of nitrogens with zero attached hydrogens (tertiary/aromatic N) is 3. The van der Waals surface area contributed by atoms with Gasteiger partial charge in [0.05, 0.1) is 11.9 Å². The van der Waals surface area contributed by atoms with Crippen LogP contribution in [0.1, 0.15) is 5.56 Å². The predicted molar refractivity (Wildman–Crippen MR) is 97.2 cm³/mol. The zero-order valence-electron chi connectivity index (χ0n) is 13.3. The van der Waals surface area contributed by atoms with Gasteiger partial charge in [-0.1, -0.05) is 42.5 Å². The van der Waals surface area contributed by atoms with Crippen molar-refractivity contribution in [1.82, 2.24) is 15.0 Å². The van der Waals surface area contributed by atoms with E-state index in [1.54, 1.807) is 6.20 Å². The highest BCUT2D eigenvalue weighted by Gasteiger charge is 2.05. The molecule has 0 spiro atoms. The Morgan fingerprint density at radius 3 is 2.54 bits per heavy atom. The fraction of sp³-hybridized carbons (Fsp3) is 0.0500. The monoisotopic (exact) mass is 312 g/mol. The average molecular weight is 312 g/mol. The van der Waals surface area contributed by atoms with Gasteiger partial charge in [0.2, 0.25) is 0 Å². The van der Waals surface area contributed by atoms with Gasteiger partial charge in [-0.25, -0.2) is 9.97 Å². The lowest BCUT2D eigenvalue weighted by molar-refractivity contribution is 1.22. The predicted octanol–water partition coefficient (Wildman–Crippen LogP) is 4.74. The smallest absolute Gasteiger partial charge is 0.180 e. The highest BCUT2D eigenvalue weighted by Crippen LogP contribution is 2.21. The lowest BCUT2D eigenvalue weighted by atomic mass is 10.2. The first kappa shape index (κ1) is 14.3. The van der Waals surface area contributed by atoms with Crippen molar-refractivity contribution in [3.8, 4) is 11.3 Å². The lowest BCUT2D eigenvalue weighted by Gasteiger charge is -2.07. The molecule has 4 aromatic rings. The fourth-order valence-electron chi connectivity index (χ4n) is 2.59. The maximum absolute atomic E-state index is 4.65. The second-order valence-corrected chi connectivity index (χ2v) is 5.65. The van der Waals surface area contributed by atoms with Crippen LogP contribution in [0.15, 0.2) is 72.9 Å². The molecule has 0 bridgehead atoms. The quantitative estimate of drug-likeness (QED) is 0.593. The van der Waals surface area contributed by atoms with Crippen molar-refractivity contribution in [3.05, 3.63) is 78.5 Å². The summed E-state index contributed by atoms with van der Waals surface area (Å²) in [6, 6.07) is 22.0. The number of anilines is 2. The number of aryl methyl sites for hydroxylation is 1. The molecular formula is C20H16N4. The second kappa shape index (κ2) is 6.08. The molecule has 4 nitrogen and oxygen atoms in total. The molecule has 0 amide bonds. The first-order valence-electron chi connectivity index (χ1n) is 7.81. The number of aromatic nitrogens is 3. The Balaban J connectivity index is 1.71. The molecule has 4 rings (SSSR count). The van der Waals surface area contributed by atoms with E-state index in [4.69, 9.17) is 0 Å². The van der Waals surface area contributed by atoms with Crippen LogP contribution in [0, 0.1) is 6.92 Å². The van der Waals surface area contributed by atoms with Crippen molar-refractivity contribution < 1.29 is 0 Å². The highest BCUT2D eigenvalue weighted by atomic mass is 15.0. The first-order valence-corrected chi connectivity index (χ1v) is 7.81. The van der Waals surface area contributed by atoms with Crippen LogP contribution in [-0.4, -0.2) is 15.0 Å². The third kappa shape index (κ3) is 2.94. The Labute approximate surface area is 140 Å². The van der Waals surface area contributed by atoms with Crippen LogP contribution < -0.4 is 5.32 Å². The summed E-state index contributed by atoms with van der Waals surface area (Å²) in [5.74, 6) is 0.757. The zero-order chi connectivity index (χ0) is 16.4. The van der Waals surface area contributed by atoms with Gasteiger partial charge in [0.1, 0.15) is 11.3 Å². The van der Waals surface area contributed by atoms with E-state index < -0.39 is 0 Å². The van der Waals surface area contributed by atoms with Gasteiger partial charge in [0.15, 0.2) is 5.65 Å². The average Bonchev–Trinajstić information content (AvgIpc) is 2.62. The molecule has 2 aromatic carbocycles. The van der Waals surface area contributed by atoms with Crippen molar-refractivity contribution in [2.24, 2.45) is 0 Å². The topological polar surface area (TPSA) is 50.7 Å². The van der Waals surface area contributed by atoms with Crippen LogP contribution in [0.25, 0.3) is 22.4 Å². The summed E-state index contributed by atoms with van der Waals surface area (Å²) in [5, 5.41) is 3.32. The molecule has 2 heterocycles. The van der Waals surface area contributed by atoms with Crippen molar-refractivity contribution in [3.63, 3.8) is 0 Å². The van der Waals surface area contributed by atoms with Gasteiger partial charge in [-0.3, -0.25) is 4.98 Å². The maximum atomic E-state index is 4.65. The lowest BCUT2D eigenvalue weighted by Crippen LogP contribution is -1.97. The first-order chi connectivity index (χ1) is 11.8. The Morgan fingerprint density at radius 2 is 1.71 bits per heavy atom. The molecule has 1 N–H and O–H groups in total. The van der Waals surface area contributed by atoms with Crippen LogP contribution >= 0.6 is 0 Å². The molecule has 0 saturated carbocycles. The number of rotatable bonds is 3. The minimum absolute atomic E-state index is 0.633. The summed E-state index contributed by atoms with van der Waals surface area (Å²) >= 11 is 0. The third-order valence-corrected chi connectivity index (χ3v) is 3.77. The van der Waals surface area contributed by atoms with Gasteiger partial charge >= 0.3 is 0 Å². The van der Waals surface area contributed by atoms with Gasteiger partial charge in [-0.2, -0.15) is 0 Å². The SMILES string of the molecule is Cc1cccc(Nc2ccc3ncc(-c4ccccc4)nc3n2)c1. The van der Waals surface area contributed by atoms with E-state index in [1.165, 1.54) is 5.56 Å². The molecule has 116 valence electrons. The van der Waals surface area contributed by atoms with E-state index in [0.29, 0.717) is 5.65 Å². The van der Waals surface area contributed by atoms with Crippen molar-refractivity contribution >= 4 is 22.7 Å². The van der Waals surface area contributed by atoms with Crippen LogP contribution in [0.5, 0.6) is 0 Å². The van der Waals surface area contributed by atoms with Crippen molar-refractivity contribution in [2.75, 3.05) is 5.32 Å². The molecule has 0 unspecified atom stereocenters. The number of hydrogen-bond donors (Lipinski definition) is 1. The van der Waals surface area contributed by atoms with E-state index in [9.17, 15) is 0 Å². The third-order valence-electron chi connectivity index (χ3n) is 3.77. The molecule has 0 aliphatic carbocycles. The summed E-state index contributed by atoms with van der Waals surface area (Å²) in [7, 11) is 0. The van der Waals surface area contributed by atoms with E-state index in [2.05, 4.69) is 39.3 Å². The van der Waals surface area contributed by atoms with Crippen molar-refractivity contribution in [2.45, 2.75) is 6.92 Å². The number of benzene rings is 2. The largest absolute Gasteiger partial charge is 0.340 e. The number of fused-ring (bicyclic) bond motifs is 1.